The zero-order valence-electron chi connectivity index (χ0n) is 18.6. The topological polar surface area (TPSA) is 78.2 Å². The van der Waals surface area contributed by atoms with Gasteiger partial charge in [-0.25, -0.2) is 4.79 Å². The predicted octanol–water partition coefficient (Wildman–Crippen LogP) is 3.96. The Morgan fingerprint density at radius 1 is 0.969 bits per heavy atom. The second-order valence-electron chi connectivity index (χ2n) is 7.81. The van der Waals surface area contributed by atoms with Crippen molar-refractivity contribution >= 4 is 16.9 Å². The molecule has 7 heteroatoms. The number of carbonyl (C=O) groups excluding carboxylic acids is 1. The Hall–Kier alpha value is -3.48. The Labute approximate surface area is 186 Å². The first-order valence-corrected chi connectivity index (χ1v) is 10.7. The first-order chi connectivity index (χ1) is 15.5. The van der Waals surface area contributed by atoms with Crippen molar-refractivity contribution in [1.29, 1.82) is 0 Å². The molecule has 2 aromatic carbocycles. The molecule has 2 heterocycles. The van der Waals surface area contributed by atoms with Crippen molar-refractivity contribution in [2.75, 3.05) is 34.4 Å². The standard InChI is InChI=1S/C25H27NO6/c1-29-17-8-6-16(7-9-17)19(14-22(27)26-12-4-5-13-26)24-21(31-3)15-20(30-2)18-10-11-23(28)32-25(18)24/h6-11,15,19H,4-5,12-14H2,1-3H3/t19-/m1/s1. The van der Waals surface area contributed by atoms with Gasteiger partial charge in [-0.3, -0.25) is 4.79 Å². The summed E-state index contributed by atoms with van der Waals surface area (Å²) in [5.74, 6) is 1.43. The Balaban J connectivity index is 1.92. The number of rotatable bonds is 7. The molecule has 0 saturated carbocycles. The van der Waals surface area contributed by atoms with E-state index in [1.54, 1.807) is 33.5 Å². The quantitative estimate of drug-likeness (QED) is 0.521. The highest BCUT2D eigenvalue weighted by atomic mass is 16.5. The highest BCUT2D eigenvalue weighted by Crippen LogP contribution is 2.43. The number of methoxy groups -OCH3 is 3. The van der Waals surface area contributed by atoms with Crippen molar-refractivity contribution < 1.29 is 23.4 Å². The van der Waals surface area contributed by atoms with Gasteiger partial charge in [-0.1, -0.05) is 12.1 Å². The third-order valence-electron chi connectivity index (χ3n) is 6.02. The molecular formula is C25H27NO6. The number of hydrogen-bond donors (Lipinski definition) is 0. The normalized spacial score (nSPS) is 14.4. The van der Waals surface area contributed by atoms with Crippen LogP contribution in [0, 0.1) is 0 Å². The lowest BCUT2D eigenvalue weighted by Crippen LogP contribution is -2.29. The van der Waals surface area contributed by atoms with Crippen molar-refractivity contribution in [2.45, 2.75) is 25.2 Å². The van der Waals surface area contributed by atoms with Crippen LogP contribution in [0.2, 0.25) is 0 Å². The Morgan fingerprint density at radius 3 is 2.28 bits per heavy atom. The molecule has 1 atom stereocenters. The number of amides is 1. The smallest absolute Gasteiger partial charge is 0.336 e. The molecule has 168 valence electrons. The summed E-state index contributed by atoms with van der Waals surface area (Å²) in [6.07, 6.45) is 2.26. The van der Waals surface area contributed by atoms with Gasteiger partial charge in [-0.2, -0.15) is 0 Å². The van der Waals surface area contributed by atoms with Crippen LogP contribution in [-0.2, 0) is 4.79 Å². The Bertz CT molecular complexity index is 1160. The maximum absolute atomic E-state index is 13.2. The van der Waals surface area contributed by atoms with E-state index >= 15 is 0 Å². The summed E-state index contributed by atoms with van der Waals surface area (Å²) in [5.41, 5.74) is 1.44. The lowest BCUT2D eigenvalue weighted by Gasteiger charge is -2.24. The van der Waals surface area contributed by atoms with Crippen molar-refractivity contribution in [3.8, 4) is 17.2 Å². The van der Waals surface area contributed by atoms with E-state index in [9.17, 15) is 9.59 Å². The molecule has 3 aromatic rings. The van der Waals surface area contributed by atoms with E-state index in [0.717, 1.165) is 37.2 Å². The van der Waals surface area contributed by atoms with Crippen LogP contribution in [0.1, 0.15) is 36.3 Å². The Morgan fingerprint density at radius 2 is 1.66 bits per heavy atom. The minimum atomic E-state index is -0.478. The molecular weight excluding hydrogens is 410 g/mol. The number of hydrogen-bond acceptors (Lipinski definition) is 6. The van der Waals surface area contributed by atoms with E-state index in [0.29, 0.717) is 28.0 Å². The maximum atomic E-state index is 13.2. The molecule has 0 N–H and O–H groups in total. The number of fused-ring (bicyclic) bond motifs is 1. The molecule has 1 fully saturated rings. The summed E-state index contributed by atoms with van der Waals surface area (Å²) < 4.78 is 22.2. The lowest BCUT2D eigenvalue weighted by atomic mass is 9.86. The van der Waals surface area contributed by atoms with Gasteiger partial charge in [0.2, 0.25) is 5.91 Å². The summed E-state index contributed by atoms with van der Waals surface area (Å²) in [6.45, 7) is 1.54. The number of likely N-dealkylation sites (tertiary alicyclic amines) is 1. The molecule has 0 unspecified atom stereocenters. The van der Waals surface area contributed by atoms with E-state index in [1.807, 2.05) is 29.2 Å². The zero-order valence-corrected chi connectivity index (χ0v) is 18.6. The third-order valence-corrected chi connectivity index (χ3v) is 6.02. The molecule has 7 nitrogen and oxygen atoms in total. The van der Waals surface area contributed by atoms with Crippen LogP contribution in [0.25, 0.3) is 11.0 Å². The number of ether oxygens (including phenoxy) is 3. The summed E-state index contributed by atoms with van der Waals surface area (Å²) in [5, 5.41) is 0.648. The van der Waals surface area contributed by atoms with E-state index in [4.69, 9.17) is 18.6 Å². The van der Waals surface area contributed by atoms with Crippen molar-refractivity contribution in [1.82, 2.24) is 4.90 Å². The van der Waals surface area contributed by atoms with Crippen LogP contribution in [0.15, 0.2) is 51.7 Å². The van der Waals surface area contributed by atoms with Crippen LogP contribution in [0.5, 0.6) is 17.2 Å². The molecule has 0 bridgehead atoms. The first kappa shape index (κ1) is 21.7. The minimum Gasteiger partial charge on any atom is -0.497 e. The van der Waals surface area contributed by atoms with Gasteiger partial charge >= 0.3 is 5.63 Å². The van der Waals surface area contributed by atoms with Crippen LogP contribution in [0.3, 0.4) is 0 Å². The maximum Gasteiger partial charge on any atom is 0.336 e. The van der Waals surface area contributed by atoms with Gasteiger partial charge in [-0.15, -0.1) is 0 Å². The van der Waals surface area contributed by atoms with Crippen LogP contribution in [-0.4, -0.2) is 45.2 Å². The SMILES string of the molecule is COc1ccc([C@@H](CC(=O)N2CCCC2)c2c(OC)cc(OC)c3ccc(=O)oc23)cc1. The van der Waals surface area contributed by atoms with Crippen molar-refractivity contribution in [3.05, 3.63) is 64.0 Å². The van der Waals surface area contributed by atoms with Crippen molar-refractivity contribution in [3.63, 3.8) is 0 Å². The third kappa shape index (κ3) is 4.15. The molecule has 1 aromatic heterocycles. The minimum absolute atomic E-state index is 0.0626. The fourth-order valence-corrected chi connectivity index (χ4v) is 4.36. The number of nitrogens with zero attached hydrogens (tertiary/aromatic N) is 1. The van der Waals surface area contributed by atoms with Crippen LogP contribution >= 0.6 is 0 Å². The summed E-state index contributed by atoms with van der Waals surface area (Å²) in [4.78, 5) is 27.3. The largest absolute Gasteiger partial charge is 0.497 e. The molecule has 1 amide bonds. The molecule has 1 aliphatic heterocycles. The average Bonchev–Trinajstić information content (AvgIpc) is 3.37. The van der Waals surface area contributed by atoms with E-state index in [-0.39, 0.29) is 18.2 Å². The summed E-state index contributed by atoms with van der Waals surface area (Å²) >= 11 is 0. The van der Waals surface area contributed by atoms with Gasteiger partial charge in [0.25, 0.3) is 0 Å². The highest BCUT2D eigenvalue weighted by Gasteiger charge is 2.30. The summed E-state index contributed by atoms with van der Waals surface area (Å²) in [7, 11) is 4.72. The highest BCUT2D eigenvalue weighted by molar-refractivity contribution is 5.90. The van der Waals surface area contributed by atoms with E-state index < -0.39 is 5.63 Å². The van der Waals surface area contributed by atoms with E-state index in [2.05, 4.69) is 0 Å². The first-order valence-electron chi connectivity index (χ1n) is 10.7. The molecule has 4 rings (SSSR count). The van der Waals surface area contributed by atoms with Crippen molar-refractivity contribution in [2.24, 2.45) is 0 Å². The number of carbonyl (C=O) groups is 1. The van der Waals surface area contributed by atoms with Gasteiger partial charge < -0.3 is 23.5 Å². The summed E-state index contributed by atoms with van der Waals surface area (Å²) in [6, 6.07) is 12.4. The monoisotopic (exact) mass is 437 g/mol. The van der Waals surface area contributed by atoms with E-state index in [1.165, 1.54) is 6.07 Å². The van der Waals surface area contributed by atoms with Crippen LogP contribution < -0.4 is 19.8 Å². The predicted molar refractivity (Wildman–Crippen MR) is 121 cm³/mol. The van der Waals surface area contributed by atoms with Gasteiger partial charge in [0.05, 0.1) is 26.7 Å². The molecule has 32 heavy (non-hydrogen) atoms. The van der Waals surface area contributed by atoms with Gasteiger partial charge in [0, 0.05) is 43.1 Å². The Kier molecular flexibility index (Phi) is 6.35. The molecule has 0 radical (unpaired) electrons. The molecule has 1 aliphatic rings. The molecule has 1 saturated heterocycles. The lowest BCUT2D eigenvalue weighted by molar-refractivity contribution is -0.130. The average molecular weight is 437 g/mol. The fourth-order valence-electron chi connectivity index (χ4n) is 4.36. The van der Waals surface area contributed by atoms with Gasteiger partial charge in [0.1, 0.15) is 22.8 Å². The molecule has 0 spiro atoms. The van der Waals surface area contributed by atoms with Gasteiger partial charge in [-0.05, 0) is 36.6 Å². The number of benzene rings is 2. The zero-order chi connectivity index (χ0) is 22.7. The van der Waals surface area contributed by atoms with Gasteiger partial charge in [0.15, 0.2) is 0 Å². The second kappa shape index (κ2) is 9.34. The van der Waals surface area contributed by atoms with Crippen LogP contribution in [0.4, 0.5) is 0 Å². The fraction of sp³-hybridized carbons (Fsp3) is 0.360. The second-order valence-corrected chi connectivity index (χ2v) is 7.81. The molecule has 0 aliphatic carbocycles.